The van der Waals surface area contributed by atoms with Crippen LogP contribution in [0.5, 0.6) is 0 Å². The highest BCUT2D eigenvalue weighted by molar-refractivity contribution is 5.95. The second kappa shape index (κ2) is 15.2. The topological polar surface area (TPSA) is 220 Å². The Morgan fingerprint density at radius 1 is 0.848 bits per heavy atom. The van der Waals surface area contributed by atoms with E-state index >= 15 is 0 Å². The number of nitrogens with one attached hydrogen (secondary N) is 3. The first-order valence-electron chi connectivity index (χ1n) is 11.2. The minimum Gasteiger partial charge on any atom is -0.480 e. The van der Waals surface area contributed by atoms with Gasteiger partial charge in [0.1, 0.15) is 18.1 Å². The fraction of sp³-hybridized carbons (Fsp3) is 0.762. The van der Waals surface area contributed by atoms with Crippen molar-refractivity contribution in [1.82, 2.24) is 16.0 Å². The first-order chi connectivity index (χ1) is 15.3. The van der Waals surface area contributed by atoms with Crippen molar-refractivity contribution in [2.75, 3.05) is 6.54 Å². The molecule has 4 atom stereocenters. The molecule has 0 fully saturated rings. The Morgan fingerprint density at radius 2 is 1.42 bits per heavy atom. The second-order valence-electron chi connectivity index (χ2n) is 8.88. The van der Waals surface area contributed by atoms with Crippen molar-refractivity contribution in [2.24, 2.45) is 29.0 Å². The number of nitrogens with two attached hydrogens (primary N) is 3. The van der Waals surface area contributed by atoms with E-state index in [1.807, 2.05) is 13.8 Å². The third kappa shape index (κ3) is 12.2. The van der Waals surface area contributed by atoms with Gasteiger partial charge in [0.05, 0.1) is 12.5 Å². The molecule has 0 aromatic rings. The molecule has 12 heteroatoms. The van der Waals surface area contributed by atoms with Gasteiger partial charge in [0.25, 0.3) is 0 Å². The summed E-state index contributed by atoms with van der Waals surface area (Å²) in [6.07, 6.45) is 1.21. The summed E-state index contributed by atoms with van der Waals surface area (Å²) < 4.78 is 0. The summed E-state index contributed by atoms with van der Waals surface area (Å²) >= 11 is 0. The quantitative estimate of drug-likeness (QED) is 0.131. The Bertz CT molecular complexity index is 684. The van der Waals surface area contributed by atoms with Crippen molar-refractivity contribution in [2.45, 2.75) is 84.0 Å². The molecule has 0 bridgehead atoms. The number of carbonyl (C=O) groups is 5. The van der Waals surface area contributed by atoms with Crippen LogP contribution in [0, 0.1) is 11.8 Å². The Hall–Kier alpha value is -2.73. The molecule has 4 unspecified atom stereocenters. The number of carboxylic acid groups (broad SMARTS) is 1. The predicted molar refractivity (Wildman–Crippen MR) is 122 cm³/mol. The van der Waals surface area contributed by atoms with Gasteiger partial charge in [-0.2, -0.15) is 0 Å². The molecule has 0 aliphatic rings. The summed E-state index contributed by atoms with van der Waals surface area (Å²) in [5.41, 5.74) is 16.2. The summed E-state index contributed by atoms with van der Waals surface area (Å²) in [7, 11) is 0. The van der Waals surface area contributed by atoms with Crippen molar-refractivity contribution in [3.05, 3.63) is 0 Å². The molecule has 4 amide bonds. The van der Waals surface area contributed by atoms with E-state index < -0.39 is 53.8 Å². The summed E-state index contributed by atoms with van der Waals surface area (Å²) in [5.74, 6) is -4.24. The van der Waals surface area contributed by atoms with Crippen LogP contribution in [0.15, 0.2) is 0 Å². The van der Waals surface area contributed by atoms with Crippen LogP contribution < -0.4 is 33.2 Å². The van der Waals surface area contributed by atoms with Crippen molar-refractivity contribution in [3.8, 4) is 0 Å². The molecule has 0 aromatic carbocycles. The molecule has 0 aliphatic carbocycles. The lowest BCUT2D eigenvalue weighted by Crippen LogP contribution is -2.58. The van der Waals surface area contributed by atoms with Crippen molar-refractivity contribution in [3.63, 3.8) is 0 Å². The summed E-state index contributed by atoms with van der Waals surface area (Å²) in [6.45, 7) is 7.47. The van der Waals surface area contributed by atoms with Gasteiger partial charge < -0.3 is 38.3 Å². The fourth-order valence-corrected chi connectivity index (χ4v) is 3.09. The first kappa shape index (κ1) is 30.3. The SMILES string of the molecule is CC(C)CC(NC(=O)C(NC(=O)C(CCCCN)NC(=O)C(N)CC(N)=O)C(C)C)C(=O)O. The minimum absolute atomic E-state index is 0.0326. The Kier molecular flexibility index (Phi) is 13.9. The largest absolute Gasteiger partial charge is 0.480 e. The van der Waals surface area contributed by atoms with Gasteiger partial charge in [-0.05, 0) is 44.1 Å². The number of hydrogen-bond donors (Lipinski definition) is 7. The number of carbonyl (C=O) groups excluding carboxylic acids is 4. The lowest BCUT2D eigenvalue weighted by atomic mass is 9.99. The van der Waals surface area contributed by atoms with Crippen molar-refractivity contribution in [1.29, 1.82) is 0 Å². The molecule has 12 nitrogen and oxygen atoms in total. The van der Waals surface area contributed by atoms with Gasteiger partial charge in [-0.25, -0.2) is 4.79 Å². The molecule has 0 saturated carbocycles. The van der Waals surface area contributed by atoms with Gasteiger partial charge in [-0.3, -0.25) is 19.2 Å². The van der Waals surface area contributed by atoms with Gasteiger partial charge in [-0.15, -0.1) is 0 Å². The maximum atomic E-state index is 12.9. The average Bonchev–Trinajstić information content (AvgIpc) is 2.69. The molecular formula is C21H40N6O6. The zero-order valence-electron chi connectivity index (χ0n) is 19.9. The van der Waals surface area contributed by atoms with Crippen LogP contribution in [0.4, 0.5) is 0 Å². The highest BCUT2D eigenvalue weighted by atomic mass is 16.4. The van der Waals surface area contributed by atoms with E-state index in [0.29, 0.717) is 19.4 Å². The Labute approximate surface area is 194 Å². The number of amides is 4. The lowest BCUT2D eigenvalue weighted by molar-refractivity contribution is -0.143. The molecule has 0 radical (unpaired) electrons. The van der Waals surface area contributed by atoms with Gasteiger partial charge in [0, 0.05) is 0 Å². The monoisotopic (exact) mass is 472 g/mol. The second-order valence-corrected chi connectivity index (χ2v) is 8.88. The van der Waals surface area contributed by atoms with Gasteiger partial charge in [0.2, 0.25) is 23.6 Å². The van der Waals surface area contributed by atoms with E-state index in [4.69, 9.17) is 17.2 Å². The maximum Gasteiger partial charge on any atom is 0.326 e. The molecule has 33 heavy (non-hydrogen) atoms. The van der Waals surface area contributed by atoms with Crippen LogP contribution in [0.25, 0.3) is 0 Å². The lowest BCUT2D eigenvalue weighted by Gasteiger charge is -2.27. The minimum atomic E-state index is -1.22. The van der Waals surface area contributed by atoms with E-state index in [0.717, 1.165) is 0 Å². The van der Waals surface area contributed by atoms with E-state index in [1.54, 1.807) is 13.8 Å². The molecule has 0 saturated heterocycles. The highest BCUT2D eigenvalue weighted by Gasteiger charge is 2.32. The maximum absolute atomic E-state index is 12.9. The van der Waals surface area contributed by atoms with Crippen molar-refractivity contribution >= 4 is 29.6 Å². The molecule has 0 rings (SSSR count). The standard InChI is InChI=1S/C21H40N6O6/c1-11(2)9-15(21(32)33)26-20(31)17(12(3)4)27-19(30)14(7-5-6-8-22)25-18(29)13(23)10-16(24)28/h11-15,17H,5-10,22-23H2,1-4H3,(H2,24,28)(H,25,29)(H,26,31)(H,27,30)(H,32,33). The molecule has 0 spiro atoms. The average molecular weight is 473 g/mol. The van der Waals surface area contributed by atoms with Gasteiger partial charge in [0.15, 0.2) is 0 Å². The number of rotatable bonds is 16. The smallest absolute Gasteiger partial charge is 0.326 e. The highest BCUT2D eigenvalue weighted by Crippen LogP contribution is 2.09. The molecule has 0 heterocycles. The van der Waals surface area contributed by atoms with E-state index in [9.17, 15) is 29.1 Å². The van der Waals surface area contributed by atoms with E-state index in [-0.39, 0.29) is 31.1 Å². The zero-order valence-corrected chi connectivity index (χ0v) is 19.9. The number of unbranched alkanes of at least 4 members (excludes halogenated alkanes) is 1. The van der Waals surface area contributed by atoms with Crippen LogP contribution in [0.3, 0.4) is 0 Å². The number of hydrogen-bond acceptors (Lipinski definition) is 7. The predicted octanol–water partition coefficient (Wildman–Crippen LogP) is -1.44. The zero-order chi connectivity index (χ0) is 25.7. The van der Waals surface area contributed by atoms with Crippen LogP contribution in [0.2, 0.25) is 0 Å². The molecular weight excluding hydrogens is 432 g/mol. The number of primary amides is 1. The van der Waals surface area contributed by atoms with Crippen LogP contribution in [-0.2, 0) is 24.0 Å². The Morgan fingerprint density at radius 3 is 1.88 bits per heavy atom. The van der Waals surface area contributed by atoms with Gasteiger partial charge >= 0.3 is 5.97 Å². The molecule has 190 valence electrons. The molecule has 0 aliphatic heterocycles. The van der Waals surface area contributed by atoms with E-state index in [1.165, 1.54) is 0 Å². The van der Waals surface area contributed by atoms with Crippen LogP contribution in [0.1, 0.15) is 59.8 Å². The van der Waals surface area contributed by atoms with Gasteiger partial charge in [-0.1, -0.05) is 27.7 Å². The number of aliphatic carboxylic acids is 1. The van der Waals surface area contributed by atoms with Crippen LogP contribution in [-0.4, -0.2) is 65.4 Å². The summed E-state index contributed by atoms with van der Waals surface area (Å²) in [5, 5.41) is 17.0. The van der Waals surface area contributed by atoms with Crippen LogP contribution >= 0.6 is 0 Å². The van der Waals surface area contributed by atoms with Crippen molar-refractivity contribution < 1.29 is 29.1 Å². The molecule has 0 aromatic heterocycles. The Balaban J connectivity index is 5.43. The third-order valence-corrected chi connectivity index (χ3v) is 4.91. The normalized spacial score (nSPS) is 14.8. The summed E-state index contributed by atoms with van der Waals surface area (Å²) in [6, 6.07) is -4.37. The third-order valence-electron chi connectivity index (χ3n) is 4.91. The number of carboxylic acids is 1. The van der Waals surface area contributed by atoms with E-state index in [2.05, 4.69) is 16.0 Å². The fourth-order valence-electron chi connectivity index (χ4n) is 3.09. The summed E-state index contributed by atoms with van der Waals surface area (Å²) in [4.78, 5) is 60.6. The molecule has 10 N–H and O–H groups in total. The first-order valence-corrected chi connectivity index (χ1v) is 11.2.